The maximum atomic E-state index is 13.4. The molecule has 2 aliphatic rings. The topological polar surface area (TPSA) is 63.0 Å². The fourth-order valence-corrected chi connectivity index (χ4v) is 4.40. The third kappa shape index (κ3) is 6.00. The normalized spacial score (nSPS) is 18.3. The minimum absolute atomic E-state index is 0.0392. The van der Waals surface area contributed by atoms with E-state index < -0.39 is 0 Å². The smallest absolute Gasteiger partial charge is 0.242 e. The van der Waals surface area contributed by atoms with Gasteiger partial charge in [-0.05, 0) is 56.7 Å². The standard InChI is InChI=1S/C26H34N2O4/c1-20-12-13-24(32-20)18-27(15-14-21-7-3-2-4-8-21)25(29)19-28(17-23-11-6-16-31-23)26(30)22-9-5-10-22/h2-4,7-8,12-13,22-23H,5-6,9-11,14-19H2,1H3. The maximum Gasteiger partial charge on any atom is 0.242 e. The van der Waals surface area contributed by atoms with Crippen molar-refractivity contribution >= 4 is 11.8 Å². The summed E-state index contributed by atoms with van der Waals surface area (Å²) < 4.78 is 11.5. The summed E-state index contributed by atoms with van der Waals surface area (Å²) in [5.41, 5.74) is 1.18. The summed E-state index contributed by atoms with van der Waals surface area (Å²) in [5.74, 6) is 1.72. The Hall–Kier alpha value is -2.60. The van der Waals surface area contributed by atoms with Crippen LogP contribution >= 0.6 is 0 Å². The highest BCUT2D eigenvalue weighted by molar-refractivity contribution is 5.86. The monoisotopic (exact) mass is 438 g/mol. The van der Waals surface area contributed by atoms with Crippen molar-refractivity contribution in [3.8, 4) is 0 Å². The van der Waals surface area contributed by atoms with Crippen LogP contribution in [0.25, 0.3) is 0 Å². The molecule has 2 fully saturated rings. The minimum atomic E-state index is -0.0411. The van der Waals surface area contributed by atoms with E-state index in [4.69, 9.17) is 9.15 Å². The van der Waals surface area contributed by atoms with Crippen LogP contribution in [-0.4, -0.2) is 54.0 Å². The van der Waals surface area contributed by atoms with E-state index in [1.54, 1.807) is 4.90 Å². The van der Waals surface area contributed by atoms with Crippen LogP contribution in [-0.2, 0) is 27.3 Å². The van der Waals surface area contributed by atoms with Crippen molar-refractivity contribution in [3.63, 3.8) is 0 Å². The first kappa shape index (κ1) is 22.6. The van der Waals surface area contributed by atoms with Gasteiger partial charge in [0, 0.05) is 25.6 Å². The number of amides is 2. The van der Waals surface area contributed by atoms with E-state index in [9.17, 15) is 9.59 Å². The first-order valence-corrected chi connectivity index (χ1v) is 11.9. The maximum absolute atomic E-state index is 13.4. The SMILES string of the molecule is Cc1ccc(CN(CCc2ccccc2)C(=O)CN(CC2CCCO2)C(=O)C2CCC2)o1. The Balaban J connectivity index is 1.45. The van der Waals surface area contributed by atoms with Crippen molar-refractivity contribution < 1.29 is 18.7 Å². The molecule has 6 nitrogen and oxygen atoms in total. The summed E-state index contributed by atoms with van der Waals surface area (Å²) in [6, 6.07) is 14.0. The average molecular weight is 439 g/mol. The molecular weight excluding hydrogens is 404 g/mol. The lowest BCUT2D eigenvalue weighted by Gasteiger charge is -2.34. The summed E-state index contributed by atoms with van der Waals surface area (Å²) in [7, 11) is 0. The van der Waals surface area contributed by atoms with Gasteiger partial charge in [-0.2, -0.15) is 0 Å². The molecule has 1 aromatic carbocycles. The number of hydrogen-bond acceptors (Lipinski definition) is 4. The van der Waals surface area contributed by atoms with E-state index in [1.807, 2.05) is 42.2 Å². The number of carbonyl (C=O) groups excluding carboxylic acids is 2. The third-order valence-corrected chi connectivity index (χ3v) is 6.55. The molecule has 0 N–H and O–H groups in total. The van der Waals surface area contributed by atoms with E-state index in [-0.39, 0.29) is 30.4 Å². The van der Waals surface area contributed by atoms with Gasteiger partial charge in [0.15, 0.2) is 0 Å². The molecule has 2 amide bonds. The average Bonchev–Trinajstić information content (AvgIpc) is 3.41. The van der Waals surface area contributed by atoms with Crippen molar-refractivity contribution in [1.29, 1.82) is 0 Å². The van der Waals surface area contributed by atoms with Crippen LogP contribution in [0.2, 0.25) is 0 Å². The first-order valence-electron chi connectivity index (χ1n) is 11.9. The molecule has 32 heavy (non-hydrogen) atoms. The van der Waals surface area contributed by atoms with Gasteiger partial charge in [0.1, 0.15) is 11.5 Å². The fourth-order valence-electron chi connectivity index (χ4n) is 4.40. The van der Waals surface area contributed by atoms with Gasteiger partial charge in [-0.25, -0.2) is 0 Å². The number of hydrogen-bond donors (Lipinski definition) is 0. The summed E-state index contributed by atoms with van der Waals surface area (Å²) in [4.78, 5) is 30.1. The molecule has 1 aromatic heterocycles. The molecule has 6 heteroatoms. The Labute approximate surface area is 190 Å². The van der Waals surface area contributed by atoms with Gasteiger partial charge in [0.05, 0.1) is 19.2 Å². The fraction of sp³-hybridized carbons (Fsp3) is 0.538. The number of furan rings is 1. The van der Waals surface area contributed by atoms with Crippen molar-refractivity contribution in [1.82, 2.24) is 9.80 Å². The zero-order chi connectivity index (χ0) is 22.3. The Morgan fingerprint density at radius 2 is 1.81 bits per heavy atom. The highest BCUT2D eigenvalue weighted by atomic mass is 16.5. The molecule has 1 saturated carbocycles. The number of nitrogens with zero attached hydrogens (tertiary/aromatic N) is 2. The Morgan fingerprint density at radius 1 is 1.00 bits per heavy atom. The molecule has 1 unspecified atom stereocenters. The Bertz CT molecular complexity index is 884. The number of rotatable bonds is 10. The van der Waals surface area contributed by atoms with Crippen LogP contribution in [0.15, 0.2) is 46.9 Å². The second-order valence-corrected chi connectivity index (χ2v) is 9.04. The van der Waals surface area contributed by atoms with Gasteiger partial charge < -0.3 is 19.0 Å². The molecule has 2 heterocycles. The van der Waals surface area contributed by atoms with Crippen molar-refractivity contribution in [3.05, 3.63) is 59.5 Å². The molecule has 0 spiro atoms. The van der Waals surface area contributed by atoms with E-state index in [1.165, 1.54) is 5.56 Å². The molecule has 0 radical (unpaired) electrons. The predicted molar refractivity (Wildman–Crippen MR) is 122 cm³/mol. The number of ether oxygens (including phenoxy) is 1. The first-order chi connectivity index (χ1) is 15.6. The van der Waals surface area contributed by atoms with Crippen LogP contribution in [0.4, 0.5) is 0 Å². The van der Waals surface area contributed by atoms with Crippen molar-refractivity contribution in [2.75, 3.05) is 26.2 Å². The summed E-state index contributed by atoms with van der Waals surface area (Å²) in [6.45, 7) is 4.24. The molecule has 172 valence electrons. The molecule has 2 aromatic rings. The van der Waals surface area contributed by atoms with Gasteiger partial charge >= 0.3 is 0 Å². The molecule has 0 bridgehead atoms. The number of carbonyl (C=O) groups is 2. The second-order valence-electron chi connectivity index (χ2n) is 9.04. The lowest BCUT2D eigenvalue weighted by molar-refractivity contribution is -0.146. The van der Waals surface area contributed by atoms with E-state index in [0.29, 0.717) is 19.6 Å². The second kappa shape index (κ2) is 10.8. The summed E-state index contributed by atoms with van der Waals surface area (Å²) in [5, 5.41) is 0. The molecule has 4 rings (SSSR count). The van der Waals surface area contributed by atoms with Gasteiger partial charge in [0.2, 0.25) is 11.8 Å². The van der Waals surface area contributed by atoms with Crippen LogP contribution in [0.3, 0.4) is 0 Å². The largest absolute Gasteiger partial charge is 0.464 e. The number of benzene rings is 1. The Kier molecular flexibility index (Phi) is 7.63. The van der Waals surface area contributed by atoms with Gasteiger partial charge in [-0.15, -0.1) is 0 Å². The zero-order valence-corrected chi connectivity index (χ0v) is 19.0. The highest BCUT2D eigenvalue weighted by Gasteiger charge is 2.33. The number of aryl methyl sites for hydroxylation is 1. The minimum Gasteiger partial charge on any atom is -0.464 e. The van der Waals surface area contributed by atoms with Crippen molar-refractivity contribution in [2.24, 2.45) is 5.92 Å². The predicted octanol–water partition coefficient (Wildman–Crippen LogP) is 3.97. The van der Waals surface area contributed by atoms with E-state index in [2.05, 4.69) is 12.1 Å². The van der Waals surface area contributed by atoms with Crippen LogP contribution in [0, 0.1) is 12.8 Å². The van der Waals surface area contributed by atoms with Gasteiger partial charge in [-0.1, -0.05) is 36.8 Å². The van der Waals surface area contributed by atoms with Crippen LogP contribution in [0.1, 0.15) is 49.2 Å². The summed E-state index contributed by atoms with van der Waals surface area (Å²) >= 11 is 0. The molecular formula is C26H34N2O4. The van der Waals surface area contributed by atoms with Gasteiger partial charge in [0.25, 0.3) is 0 Å². The lowest BCUT2D eigenvalue weighted by atomic mass is 9.84. The van der Waals surface area contributed by atoms with Crippen LogP contribution in [0.5, 0.6) is 0 Å². The summed E-state index contributed by atoms with van der Waals surface area (Å²) in [6.07, 6.45) is 5.72. The van der Waals surface area contributed by atoms with Crippen molar-refractivity contribution in [2.45, 2.75) is 58.1 Å². The molecule has 1 aliphatic carbocycles. The molecule has 1 saturated heterocycles. The van der Waals surface area contributed by atoms with Gasteiger partial charge in [-0.3, -0.25) is 9.59 Å². The zero-order valence-electron chi connectivity index (χ0n) is 19.0. The highest BCUT2D eigenvalue weighted by Crippen LogP contribution is 2.29. The quantitative estimate of drug-likeness (QED) is 0.563. The van der Waals surface area contributed by atoms with E-state index >= 15 is 0 Å². The lowest BCUT2D eigenvalue weighted by Crippen LogP contribution is -2.48. The van der Waals surface area contributed by atoms with Crippen LogP contribution < -0.4 is 0 Å². The van der Waals surface area contributed by atoms with E-state index in [0.717, 1.165) is 56.7 Å². The third-order valence-electron chi connectivity index (χ3n) is 6.55. The molecule has 1 aliphatic heterocycles. The Morgan fingerprint density at radius 3 is 2.44 bits per heavy atom. The molecule has 1 atom stereocenters.